The van der Waals surface area contributed by atoms with Gasteiger partial charge in [0.05, 0.1) is 0 Å². The molecule has 0 fully saturated rings. The molecular weight excluding hydrogens is 176 g/mol. The van der Waals surface area contributed by atoms with Crippen LogP contribution in [-0.2, 0) is 4.79 Å². The van der Waals surface area contributed by atoms with Gasteiger partial charge in [0.1, 0.15) is 6.04 Å². The Bertz CT molecular complexity index is 205. The Morgan fingerprint density at radius 3 is 2.54 bits per heavy atom. The van der Waals surface area contributed by atoms with E-state index in [0.29, 0.717) is 0 Å². The van der Waals surface area contributed by atoms with Crippen molar-refractivity contribution >= 4 is 11.9 Å². The van der Waals surface area contributed by atoms with Crippen molar-refractivity contribution in [2.75, 3.05) is 6.54 Å². The quantitative estimate of drug-likeness (QED) is 0.138. The number of hydrogen-bond acceptors (Lipinski definition) is 5. The van der Waals surface area contributed by atoms with Gasteiger partial charge in [-0.2, -0.15) is 0 Å². The molecule has 0 saturated carbocycles. The van der Waals surface area contributed by atoms with Gasteiger partial charge in [-0.1, -0.05) is 0 Å². The molecule has 0 rings (SSSR count). The lowest BCUT2D eigenvalue weighted by molar-refractivity contribution is -0.138. The lowest BCUT2D eigenvalue weighted by atomic mass is 10.2. The Kier molecular flexibility index (Phi) is 4.55. The summed E-state index contributed by atoms with van der Waals surface area (Å²) in [4.78, 5) is 10.3. The summed E-state index contributed by atoms with van der Waals surface area (Å²) in [6.45, 7) is 0.181. The van der Waals surface area contributed by atoms with E-state index in [1.807, 2.05) is 0 Å². The minimum absolute atomic E-state index is 0.0717. The summed E-state index contributed by atoms with van der Waals surface area (Å²) in [5.41, 5.74) is 10.4. The monoisotopic (exact) mass is 190 g/mol. The van der Waals surface area contributed by atoms with Crippen molar-refractivity contribution in [1.82, 2.24) is 5.01 Å². The molecular formula is C5H14N6O2. The maximum atomic E-state index is 10.3. The van der Waals surface area contributed by atoms with Crippen LogP contribution in [0.3, 0.4) is 0 Å². The van der Waals surface area contributed by atoms with E-state index >= 15 is 0 Å². The Morgan fingerprint density at radius 1 is 1.62 bits per heavy atom. The van der Waals surface area contributed by atoms with Crippen LogP contribution in [0.1, 0.15) is 6.42 Å². The van der Waals surface area contributed by atoms with Crippen molar-refractivity contribution in [3.8, 4) is 0 Å². The van der Waals surface area contributed by atoms with E-state index in [2.05, 4.69) is 5.10 Å². The van der Waals surface area contributed by atoms with Crippen LogP contribution in [0.15, 0.2) is 5.10 Å². The lowest BCUT2D eigenvalue weighted by Crippen LogP contribution is -2.46. The van der Waals surface area contributed by atoms with E-state index in [0.717, 1.165) is 5.01 Å². The minimum atomic E-state index is -1.09. The Hall–Kier alpha value is -1.54. The molecule has 13 heavy (non-hydrogen) atoms. The van der Waals surface area contributed by atoms with Crippen molar-refractivity contribution in [3.05, 3.63) is 0 Å². The summed E-state index contributed by atoms with van der Waals surface area (Å²) in [6.07, 6.45) is 0.169. The van der Waals surface area contributed by atoms with Gasteiger partial charge in [-0.05, 0) is 6.42 Å². The number of rotatable bonds is 4. The van der Waals surface area contributed by atoms with E-state index in [-0.39, 0.29) is 18.9 Å². The fraction of sp³-hybridized carbons (Fsp3) is 0.600. The van der Waals surface area contributed by atoms with Crippen LogP contribution in [0.25, 0.3) is 0 Å². The fourth-order valence-corrected chi connectivity index (χ4v) is 0.590. The number of nitrogens with two attached hydrogens (primary N) is 4. The predicted molar refractivity (Wildman–Crippen MR) is 46.9 cm³/mol. The summed E-state index contributed by atoms with van der Waals surface area (Å²) in [5.74, 6) is 9.00. The number of carboxylic acid groups (broad SMARTS) is 1. The zero-order valence-electron chi connectivity index (χ0n) is 7.05. The van der Waals surface area contributed by atoms with E-state index in [1.54, 1.807) is 0 Å². The highest BCUT2D eigenvalue weighted by atomic mass is 16.4. The van der Waals surface area contributed by atoms with Gasteiger partial charge in [0.15, 0.2) is 0 Å². The predicted octanol–water partition coefficient (Wildman–Crippen LogP) is -2.85. The van der Waals surface area contributed by atoms with Crippen molar-refractivity contribution in [1.29, 1.82) is 0 Å². The van der Waals surface area contributed by atoms with Crippen LogP contribution in [0.2, 0.25) is 0 Å². The minimum Gasteiger partial charge on any atom is -0.480 e. The third kappa shape index (κ3) is 4.13. The highest BCUT2D eigenvalue weighted by molar-refractivity contribution is 5.77. The molecule has 1 atom stereocenters. The zero-order chi connectivity index (χ0) is 10.4. The van der Waals surface area contributed by atoms with Gasteiger partial charge in [-0.25, -0.2) is 5.84 Å². The molecule has 76 valence electrons. The first kappa shape index (κ1) is 11.5. The Morgan fingerprint density at radius 2 is 2.15 bits per heavy atom. The van der Waals surface area contributed by atoms with Crippen LogP contribution in [0.5, 0.6) is 0 Å². The van der Waals surface area contributed by atoms with Crippen molar-refractivity contribution < 1.29 is 9.90 Å². The molecule has 0 bridgehead atoms. The molecule has 0 aliphatic rings. The largest absolute Gasteiger partial charge is 0.480 e. The van der Waals surface area contributed by atoms with E-state index in [1.165, 1.54) is 0 Å². The van der Waals surface area contributed by atoms with Gasteiger partial charge < -0.3 is 22.4 Å². The zero-order valence-corrected chi connectivity index (χ0v) is 7.05. The van der Waals surface area contributed by atoms with Gasteiger partial charge in [0.2, 0.25) is 5.96 Å². The van der Waals surface area contributed by atoms with Gasteiger partial charge in [0, 0.05) is 6.54 Å². The summed E-state index contributed by atoms with van der Waals surface area (Å²) >= 11 is 0. The molecule has 1 unspecified atom stereocenters. The number of nitrogens with zero attached hydrogens (tertiary/aromatic N) is 2. The number of guanidine groups is 1. The van der Waals surface area contributed by atoms with Crippen molar-refractivity contribution in [2.24, 2.45) is 28.3 Å². The molecule has 0 amide bonds. The SMILES string of the molecule is NN=C(N)N(N)CCC(N)C(=O)O. The van der Waals surface area contributed by atoms with Gasteiger partial charge in [-0.3, -0.25) is 9.80 Å². The van der Waals surface area contributed by atoms with Gasteiger partial charge >= 0.3 is 5.97 Å². The summed E-state index contributed by atoms with van der Waals surface area (Å²) < 4.78 is 0. The fourth-order valence-electron chi connectivity index (χ4n) is 0.590. The first-order chi connectivity index (χ1) is 5.99. The standard InChI is InChI=1S/C5H14N6O2/c6-3(4(12)13)1-2-11(9)5(7)10-8/h3H,1-2,6,8-9H2,(H2,7,10)(H,12,13). The van der Waals surface area contributed by atoms with E-state index in [9.17, 15) is 4.79 Å². The summed E-state index contributed by atoms with van der Waals surface area (Å²) in [6, 6.07) is -0.961. The van der Waals surface area contributed by atoms with Crippen LogP contribution < -0.4 is 23.2 Å². The molecule has 0 aromatic rings. The second kappa shape index (κ2) is 5.17. The normalized spacial score (nSPS) is 13.8. The average molecular weight is 190 g/mol. The van der Waals surface area contributed by atoms with Crippen LogP contribution in [0.4, 0.5) is 0 Å². The first-order valence-corrected chi connectivity index (χ1v) is 3.53. The van der Waals surface area contributed by atoms with Crippen LogP contribution in [-0.4, -0.2) is 34.6 Å². The van der Waals surface area contributed by atoms with E-state index in [4.69, 9.17) is 28.3 Å². The molecule has 0 aromatic heterocycles. The second-order valence-corrected chi connectivity index (χ2v) is 2.41. The Balaban J connectivity index is 3.83. The van der Waals surface area contributed by atoms with Gasteiger partial charge in [-0.15, -0.1) is 5.10 Å². The number of carboxylic acids is 1. The summed E-state index contributed by atoms with van der Waals surface area (Å²) in [7, 11) is 0. The average Bonchev–Trinajstić information content (AvgIpc) is 2.11. The molecule has 0 radical (unpaired) electrons. The lowest BCUT2D eigenvalue weighted by Gasteiger charge is -2.17. The molecule has 0 heterocycles. The second-order valence-electron chi connectivity index (χ2n) is 2.41. The Labute approximate surface area is 75.1 Å². The maximum Gasteiger partial charge on any atom is 0.320 e. The molecule has 0 aliphatic carbocycles. The van der Waals surface area contributed by atoms with Crippen LogP contribution in [0, 0.1) is 0 Å². The molecule has 0 aliphatic heterocycles. The summed E-state index contributed by atoms with van der Waals surface area (Å²) in [5, 5.41) is 12.6. The first-order valence-electron chi connectivity index (χ1n) is 3.53. The van der Waals surface area contributed by atoms with Crippen molar-refractivity contribution in [3.63, 3.8) is 0 Å². The molecule has 0 aromatic carbocycles. The number of aliphatic carboxylic acids is 1. The molecule has 8 nitrogen and oxygen atoms in total. The molecule has 9 N–H and O–H groups in total. The molecule has 0 saturated heterocycles. The third-order valence-electron chi connectivity index (χ3n) is 1.42. The maximum absolute atomic E-state index is 10.3. The highest BCUT2D eigenvalue weighted by Gasteiger charge is 2.12. The van der Waals surface area contributed by atoms with E-state index < -0.39 is 12.0 Å². The molecule has 8 heteroatoms. The third-order valence-corrected chi connectivity index (χ3v) is 1.42. The van der Waals surface area contributed by atoms with Gasteiger partial charge in [0.25, 0.3) is 0 Å². The number of hydrazine groups is 1. The smallest absolute Gasteiger partial charge is 0.320 e. The number of hydrogen-bond donors (Lipinski definition) is 5. The topological polar surface area (TPSA) is 157 Å². The van der Waals surface area contributed by atoms with Crippen molar-refractivity contribution in [2.45, 2.75) is 12.5 Å². The number of hydrazone groups is 1. The highest BCUT2D eigenvalue weighted by Crippen LogP contribution is 1.89. The molecule has 0 spiro atoms. The number of carbonyl (C=O) groups is 1. The van der Waals surface area contributed by atoms with Crippen LogP contribution >= 0.6 is 0 Å².